The third-order valence-corrected chi connectivity index (χ3v) is 7.50. The van der Waals surface area contributed by atoms with E-state index in [2.05, 4.69) is 5.32 Å². The zero-order chi connectivity index (χ0) is 26.5. The number of carbonyl (C=O) groups excluding carboxylic acids is 2. The van der Waals surface area contributed by atoms with Gasteiger partial charge in [0.25, 0.3) is 0 Å². The van der Waals surface area contributed by atoms with Crippen LogP contribution >= 0.6 is 23.2 Å². The molecule has 12 heteroatoms. The van der Waals surface area contributed by atoms with Crippen LogP contribution in [0.2, 0.25) is 10.0 Å². The molecule has 2 amide bonds. The molecule has 196 valence electrons. The molecule has 36 heavy (non-hydrogen) atoms. The summed E-state index contributed by atoms with van der Waals surface area (Å²) in [5.74, 6) is -0.0803. The Morgan fingerprint density at radius 2 is 1.75 bits per heavy atom. The molecule has 0 aliphatic carbocycles. The summed E-state index contributed by atoms with van der Waals surface area (Å²) in [5.41, 5.74) is 0.694. The maximum absolute atomic E-state index is 13.7. The highest BCUT2D eigenvalue weighted by molar-refractivity contribution is 7.92. The van der Waals surface area contributed by atoms with Gasteiger partial charge in [-0.1, -0.05) is 43.1 Å². The molecule has 1 unspecified atom stereocenters. The summed E-state index contributed by atoms with van der Waals surface area (Å²) in [4.78, 5) is 28.0. The number of carbonyl (C=O) groups is 2. The van der Waals surface area contributed by atoms with Crippen LogP contribution in [0.1, 0.15) is 32.3 Å². The van der Waals surface area contributed by atoms with Gasteiger partial charge in [0, 0.05) is 34.8 Å². The first-order valence-corrected chi connectivity index (χ1v) is 14.0. The fourth-order valence-electron chi connectivity index (χ4n) is 3.79. The molecule has 9 nitrogen and oxygen atoms in total. The van der Waals surface area contributed by atoms with Crippen LogP contribution in [-0.2, 0) is 26.2 Å². The van der Waals surface area contributed by atoms with Crippen molar-refractivity contribution in [1.29, 1.82) is 0 Å². The molecule has 1 N–H and O–H groups in total. The van der Waals surface area contributed by atoms with Crippen molar-refractivity contribution in [1.82, 2.24) is 10.2 Å². The van der Waals surface area contributed by atoms with E-state index < -0.39 is 28.5 Å². The van der Waals surface area contributed by atoms with Gasteiger partial charge in [-0.25, -0.2) is 8.42 Å². The summed E-state index contributed by atoms with van der Waals surface area (Å²) < 4.78 is 37.1. The fraction of sp³-hybridized carbons (Fsp3) is 0.417. The molecule has 1 atom stereocenters. The number of hydrogen-bond donors (Lipinski definition) is 1. The van der Waals surface area contributed by atoms with E-state index in [1.54, 1.807) is 31.2 Å². The minimum atomic E-state index is -3.88. The minimum Gasteiger partial charge on any atom is -0.454 e. The maximum Gasteiger partial charge on any atom is 0.244 e. The van der Waals surface area contributed by atoms with E-state index >= 15 is 0 Å². The first kappa shape index (κ1) is 27.9. The monoisotopic (exact) mass is 557 g/mol. The Morgan fingerprint density at radius 3 is 2.36 bits per heavy atom. The van der Waals surface area contributed by atoms with Crippen LogP contribution in [0.15, 0.2) is 36.4 Å². The molecule has 0 spiro atoms. The molecule has 1 heterocycles. The lowest BCUT2D eigenvalue weighted by molar-refractivity contribution is -0.140. The molecule has 1 aliphatic heterocycles. The number of ether oxygens (including phenoxy) is 2. The van der Waals surface area contributed by atoms with Gasteiger partial charge in [-0.15, -0.1) is 0 Å². The van der Waals surface area contributed by atoms with Gasteiger partial charge in [0.1, 0.15) is 12.6 Å². The molecule has 0 fully saturated rings. The molecule has 3 rings (SSSR count). The van der Waals surface area contributed by atoms with Gasteiger partial charge in [0.05, 0.1) is 11.9 Å². The average Bonchev–Trinajstić information content (AvgIpc) is 3.29. The predicted octanol–water partition coefficient (Wildman–Crippen LogP) is 3.82. The van der Waals surface area contributed by atoms with Crippen LogP contribution < -0.4 is 19.1 Å². The molecule has 0 saturated heterocycles. The number of benzene rings is 2. The van der Waals surface area contributed by atoms with Crippen LogP contribution in [0.25, 0.3) is 0 Å². The Bertz CT molecular complexity index is 1200. The third kappa shape index (κ3) is 6.54. The summed E-state index contributed by atoms with van der Waals surface area (Å²) in [6.45, 7) is 3.54. The highest BCUT2D eigenvalue weighted by Gasteiger charge is 2.33. The standard InChI is InChI=1S/C24H29Cl2N3O6S/c1-4-11-27-24(31)20(5-2)28(13-17-18(25)7-6-8-19(17)26)23(30)14-29(36(3,32)33)16-9-10-21-22(12-16)35-15-34-21/h6-10,12,20H,4-5,11,13-15H2,1-3H3,(H,27,31). The molecule has 2 aromatic carbocycles. The van der Waals surface area contributed by atoms with Crippen molar-refractivity contribution in [3.8, 4) is 11.5 Å². The quantitative estimate of drug-likeness (QED) is 0.450. The number of nitrogens with zero attached hydrogens (tertiary/aromatic N) is 2. The fourth-order valence-corrected chi connectivity index (χ4v) is 5.15. The third-order valence-electron chi connectivity index (χ3n) is 5.65. The second-order valence-corrected chi connectivity index (χ2v) is 11.0. The molecule has 0 bridgehead atoms. The highest BCUT2D eigenvalue weighted by Crippen LogP contribution is 2.36. The van der Waals surface area contributed by atoms with Crippen molar-refractivity contribution in [2.24, 2.45) is 0 Å². The summed E-state index contributed by atoms with van der Waals surface area (Å²) in [5, 5.41) is 3.48. The summed E-state index contributed by atoms with van der Waals surface area (Å²) in [6, 6.07) is 8.69. The number of nitrogens with one attached hydrogen (secondary N) is 1. The minimum absolute atomic E-state index is 0.0218. The average molecular weight is 558 g/mol. The van der Waals surface area contributed by atoms with Crippen molar-refractivity contribution in [2.75, 3.05) is 30.4 Å². The van der Waals surface area contributed by atoms with E-state index in [4.69, 9.17) is 32.7 Å². The number of hydrogen-bond acceptors (Lipinski definition) is 6. The van der Waals surface area contributed by atoms with E-state index in [0.717, 1.165) is 17.0 Å². The number of anilines is 1. The smallest absolute Gasteiger partial charge is 0.244 e. The summed E-state index contributed by atoms with van der Waals surface area (Å²) >= 11 is 12.7. The van der Waals surface area contributed by atoms with E-state index in [9.17, 15) is 18.0 Å². The summed E-state index contributed by atoms with van der Waals surface area (Å²) in [7, 11) is -3.88. The molecule has 0 radical (unpaired) electrons. The van der Waals surface area contributed by atoms with E-state index in [1.165, 1.54) is 17.0 Å². The molecular weight excluding hydrogens is 529 g/mol. The SMILES string of the molecule is CCCNC(=O)C(CC)N(Cc1c(Cl)cccc1Cl)C(=O)CN(c1ccc2c(c1)OCO2)S(C)(=O)=O. The Balaban J connectivity index is 1.98. The second-order valence-electron chi connectivity index (χ2n) is 8.24. The van der Waals surface area contributed by atoms with Gasteiger partial charge < -0.3 is 19.7 Å². The Morgan fingerprint density at radius 1 is 1.08 bits per heavy atom. The topological polar surface area (TPSA) is 105 Å². The first-order valence-electron chi connectivity index (χ1n) is 11.4. The van der Waals surface area contributed by atoms with E-state index in [1.807, 2.05) is 6.92 Å². The number of rotatable bonds is 11. The summed E-state index contributed by atoms with van der Waals surface area (Å²) in [6.07, 6.45) is 2.02. The van der Waals surface area contributed by atoms with Crippen molar-refractivity contribution in [3.05, 3.63) is 52.0 Å². The number of halogens is 2. The molecular formula is C24H29Cl2N3O6S. The van der Waals surface area contributed by atoms with Crippen LogP contribution in [0.4, 0.5) is 5.69 Å². The van der Waals surface area contributed by atoms with Crippen molar-refractivity contribution in [2.45, 2.75) is 39.3 Å². The van der Waals surface area contributed by atoms with Gasteiger partial charge in [-0.3, -0.25) is 13.9 Å². The van der Waals surface area contributed by atoms with E-state index in [-0.39, 0.29) is 24.9 Å². The lowest BCUT2D eigenvalue weighted by Gasteiger charge is -2.33. The van der Waals surface area contributed by atoms with E-state index in [0.29, 0.717) is 40.1 Å². The van der Waals surface area contributed by atoms with Crippen LogP contribution in [0.5, 0.6) is 11.5 Å². The van der Waals surface area contributed by atoms with Crippen molar-refractivity contribution in [3.63, 3.8) is 0 Å². The zero-order valence-electron chi connectivity index (χ0n) is 20.3. The van der Waals surface area contributed by atoms with Crippen molar-refractivity contribution >= 4 is 50.7 Å². The maximum atomic E-state index is 13.7. The first-order chi connectivity index (χ1) is 17.1. The normalized spacial score (nSPS) is 13.2. The van der Waals surface area contributed by atoms with Crippen LogP contribution in [-0.4, -0.2) is 57.3 Å². The Labute approximate surface area is 221 Å². The van der Waals surface area contributed by atoms with Crippen molar-refractivity contribution < 1.29 is 27.5 Å². The van der Waals surface area contributed by atoms with Crippen LogP contribution in [0, 0.1) is 0 Å². The molecule has 2 aromatic rings. The Kier molecular flexibility index (Phi) is 9.32. The second kappa shape index (κ2) is 12.0. The van der Waals surface area contributed by atoms with Gasteiger partial charge in [-0.05, 0) is 37.1 Å². The van der Waals surface area contributed by atoms with Crippen LogP contribution in [0.3, 0.4) is 0 Å². The van der Waals surface area contributed by atoms with Gasteiger partial charge in [-0.2, -0.15) is 0 Å². The van der Waals surface area contributed by atoms with Gasteiger partial charge in [0.15, 0.2) is 11.5 Å². The molecule has 1 aliphatic rings. The van der Waals surface area contributed by atoms with Gasteiger partial charge >= 0.3 is 0 Å². The lowest BCUT2D eigenvalue weighted by atomic mass is 10.1. The lowest BCUT2D eigenvalue weighted by Crippen LogP contribution is -2.52. The predicted molar refractivity (Wildman–Crippen MR) is 139 cm³/mol. The number of sulfonamides is 1. The number of amides is 2. The number of fused-ring (bicyclic) bond motifs is 1. The largest absolute Gasteiger partial charge is 0.454 e. The molecule has 0 saturated carbocycles. The highest BCUT2D eigenvalue weighted by atomic mass is 35.5. The zero-order valence-corrected chi connectivity index (χ0v) is 22.6. The van der Waals surface area contributed by atoms with Gasteiger partial charge in [0.2, 0.25) is 28.6 Å². The Hall–Kier alpha value is -2.69. The molecule has 0 aromatic heterocycles.